The van der Waals surface area contributed by atoms with Gasteiger partial charge in [0, 0.05) is 5.54 Å². The van der Waals surface area contributed by atoms with E-state index < -0.39 is 18.1 Å². The maximum absolute atomic E-state index is 12.6. The van der Waals surface area contributed by atoms with E-state index in [2.05, 4.69) is 31.4 Å². The van der Waals surface area contributed by atoms with Crippen LogP contribution in [-0.2, 0) is 20.7 Å². The Morgan fingerprint density at radius 1 is 0.839 bits per heavy atom. The zero-order valence-corrected chi connectivity index (χ0v) is 19.0. The summed E-state index contributed by atoms with van der Waals surface area (Å²) in [7, 11) is 0. The average molecular weight is 425 g/mol. The Hall–Kier alpha value is -3.15. The van der Waals surface area contributed by atoms with E-state index in [4.69, 9.17) is 4.74 Å². The van der Waals surface area contributed by atoms with Gasteiger partial charge >= 0.3 is 5.97 Å². The van der Waals surface area contributed by atoms with Crippen molar-refractivity contribution in [1.82, 2.24) is 5.32 Å². The first-order valence-electron chi connectivity index (χ1n) is 10.4. The molecule has 0 aliphatic carbocycles. The van der Waals surface area contributed by atoms with Crippen molar-refractivity contribution in [3.05, 3.63) is 65.7 Å². The molecule has 2 aromatic rings. The zero-order valence-electron chi connectivity index (χ0n) is 19.0. The van der Waals surface area contributed by atoms with Crippen LogP contribution in [0.15, 0.2) is 54.6 Å². The summed E-state index contributed by atoms with van der Waals surface area (Å²) in [5.41, 5.74) is 1.04. The van der Waals surface area contributed by atoms with Crippen molar-refractivity contribution < 1.29 is 19.1 Å². The maximum atomic E-state index is 12.6. The van der Waals surface area contributed by atoms with Crippen molar-refractivity contribution in [1.29, 1.82) is 0 Å². The third-order valence-electron chi connectivity index (χ3n) is 4.41. The van der Waals surface area contributed by atoms with E-state index in [9.17, 15) is 14.4 Å². The van der Waals surface area contributed by atoms with Gasteiger partial charge in [0.2, 0.25) is 5.91 Å². The minimum absolute atomic E-state index is 0.0460. The molecule has 2 rings (SSSR count). The van der Waals surface area contributed by atoms with Crippen LogP contribution >= 0.6 is 0 Å². The SMILES string of the molecule is CC(C)(C)CC(C)(C)NC(=O)COC(=O)c1ccccc1NC(=O)Cc1ccccc1. The molecule has 6 heteroatoms. The number of nitrogens with one attached hydrogen (secondary N) is 2. The summed E-state index contributed by atoms with van der Waals surface area (Å²) in [6, 6.07) is 15.9. The van der Waals surface area contributed by atoms with Gasteiger partial charge < -0.3 is 15.4 Å². The van der Waals surface area contributed by atoms with Crippen LogP contribution in [0.3, 0.4) is 0 Å². The van der Waals surface area contributed by atoms with E-state index in [-0.39, 0.29) is 29.2 Å². The molecule has 2 amide bonds. The Kier molecular flexibility index (Phi) is 7.97. The lowest BCUT2D eigenvalue weighted by Gasteiger charge is -2.33. The highest BCUT2D eigenvalue weighted by Gasteiger charge is 2.27. The molecule has 31 heavy (non-hydrogen) atoms. The van der Waals surface area contributed by atoms with E-state index in [1.807, 2.05) is 44.2 Å². The molecular weight excluding hydrogens is 392 g/mol. The van der Waals surface area contributed by atoms with Gasteiger partial charge in [0.05, 0.1) is 17.7 Å². The highest BCUT2D eigenvalue weighted by molar-refractivity contribution is 6.02. The van der Waals surface area contributed by atoms with E-state index >= 15 is 0 Å². The predicted octanol–water partition coefficient (Wildman–Crippen LogP) is 4.36. The third kappa shape index (κ3) is 8.62. The Labute approximate surface area is 184 Å². The summed E-state index contributed by atoms with van der Waals surface area (Å²) in [6.07, 6.45) is 0.964. The second kappa shape index (κ2) is 10.2. The first-order valence-corrected chi connectivity index (χ1v) is 10.4. The van der Waals surface area contributed by atoms with Gasteiger partial charge in [-0.1, -0.05) is 63.2 Å². The standard InChI is InChI=1S/C25H32N2O4/c1-24(2,3)17-25(4,5)27-22(29)16-31-23(30)19-13-9-10-14-20(19)26-21(28)15-18-11-7-6-8-12-18/h6-14H,15-17H2,1-5H3,(H,26,28)(H,27,29). The van der Waals surface area contributed by atoms with Crippen LogP contribution in [0.25, 0.3) is 0 Å². The number of esters is 1. The summed E-state index contributed by atoms with van der Waals surface area (Å²) in [6.45, 7) is 9.79. The number of carbonyl (C=O) groups is 3. The highest BCUT2D eigenvalue weighted by Crippen LogP contribution is 2.26. The van der Waals surface area contributed by atoms with Gasteiger partial charge in [0.1, 0.15) is 0 Å². The molecule has 0 aliphatic rings. The van der Waals surface area contributed by atoms with E-state index in [1.165, 1.54) is 0 Å². The van der Waals surface area contributed by atoms with Crippen molar-refractivity contribution in [3.8, 4) is 0 Å². The van der Waals surface area contributed by atoms with E-state index in [0.29, 0.717) is 5.69 Å². The fourth-order valence-corrected chi connectivity index (χ4v) is 3.74. The molecule has 0 fully saturated rings. The Morgan fingerprint density at radius 2 is 1.45 bits per heavy atom. The molecule has 0 atom stereocenters. The number of rotatable bonds is 8. The smallest absolute Gasteiger partial charge is 0.340 e. The summed E-state index contributed by atoms with van der Waals surface area (Å²) < 4.78 is 5.20. The molecule has 6 nitrogen and oxygen atoms in total. The Balaban J connectivity index is 1.95. The molecular formula is C25H32N2O4. The fraction of sp³-hybridized carbons (Fsp3) is 0.400. The second-order valence-electron chi connectivity index (χ2n) is 9.50. The number of benzene rings is 2. The van der Waals surface area contributed by atoms with Gasteiger partial charge in [0.15, 0.2) is 6.61 Å². The lowest BCUT2D eigenvalue weighted by Crippen LogP contribution is -2.47. The molecule has 0 radical (unpaired) electrons. The number of amides is 2. The first-order chi connectivity index (χ1) is 14.5. The van der Waals surface area contributed by atoms with E-state index in [1.54, 1.807) is 24.3 Å². The third-order valence-corrected chi connectivity index (χ3v) is 4.41. The maximum Gasteiger partial charge on any atom is 0.340 e. The normalized spacial score (nSPS) is 11.5. The predicted molar refractivity (Wildman–Crippen MR) is 122 cm³/mol. The van der Waals surface area contributed by atoms with E-state index in [0.717, 1.165) is 12.0 Å². The number of anilines is 1. The molecule has 0 unspecified atom stereocenters. The molecule has 0 bridgehead atoms. The summed E-state index contributed by atoms with van der Waals surface area (Å²) in [5, 5.41) is 5.66. The van der Waals surface area contributed by atoms with Gasteiger partial charge in [-0.2, -0.15) is 0 Å². The summed E-state index contributed by atoms with van der Waals surface area (Å²) in [5.74, 6) is -1.28. The average Bonchev–Trinajstić information content (AvgIpc) is 2.65. The van der Waals surface area contributed by atoms with Crippen molar-refractivity contribution >= 4 is 23.5 Å². The van der Waals surface area contributed by atoms with Crippen LogP contribution in [0.2, 0.25) is 0 Å². The van der Waals surface area contributed by atoms with Crippen LogP contribution in [0.5, 0.6) is 0 Å². The molecule has 0 saturated carbocycles. The minimum atomic E-state index is -0.667. The van der Waals surface area contributed by atoms with Crippen LogP contribution in [0.4, 0.5) is 5.69 Å². The van der Waals surface area contributed by atoms with Crippen molar-refractivity contribution in [2.75, 3.05) is 11.9 Å². The summed E-state index contributed by atoms with van der Waals surface area (Å²) >= 11 is 0. The molecule has 2 aromatic carbocycles. The van der Waals surface area contributed by atoms with Gasteiger partial charge in [0.25, 0.3) is 5.91 Å². The first kappa shape index (κ1) is 24.1. The van der Waals surface area contributed by atoms with Crippen molar-refractivity contribution in [2.24, 2.45) is 5.41 Å². The van der Waals surface area contributed by atoms with Gasteiger partial charge in [-0.15, -0.1) is 0 Å². The number of hydrogen-bond donors (Lipinski definition) is 2. The minimum Gasteiger partial charge on any atom is -0.452 e. The molecule has 0 heterocycles. The molecule has 0 spiro atoms. The monoisotopic (exact) mass is 424 g/mol. The zero-order chi connectivity index (χ0) is 23.1. The lowest BCUT2D eigenvalue weighted by molar-refractivity contribution is -0.126. The lowest BCUT2D eigenvalue weighted by atomic mass is 9.82. The highest BCUT2D eigenvalue weighted by atomic mass is 16.5. The number of hydrogen-bond acceptors (Lipinski definition) is 4. The molecule has 0 aromatic heterocycles. The van der Waals surface area contributed by atoms with Gasteiger partial charge in [-0.25, -0.2) is 4.79 Å². The van der Waals surface area contributed by atoms with Crippen LogP contribution in [0, 0.1) is 5.41 Å². The number of carbonyl (C=O) groups excluding carboxylic acids is 3. The molecule has 2 N–H and O–H groups in total. The molecule has 166 valence electrons. The van der Waals surface area contributed by atoms with Gasteiger partial charge in [-0.3, -0.25) is 9.59 Å². The largest absolute Gasteiger partial charge is 0.452 e. The molecule has 0 aliphatic heterocycles. The van der Waals surface area contributed by atoms with Crippen LogP contribution < -0.4 is 10.6 Å². The van der Waals surface area contributed by atoms with Crippen molar-refractivity contribution in [3.63, 3.8) is 0 Å². The van der Waals surface area contributed by atoms with Crippen molar-refractivity contribution in [2.45, 2.75) is 53.0 Å². The Morgan fingerprint density at radius 3 is 2.10 bits per heavy atom. The number of para-hydroxylation sites is 1. The second-order valence-corrected chi connectivity index (χ2v) is 9.50. The number of ether oxygens (including phenoxy) is 1. The van der Waals surface area contributed by atoms with Crippen LogP contribution in [-0.4, -0.2) is 29.9 Å². The fourth-order valence-electron chi connectivity index (χ4n) is 3.74. The Bertz CT molecular complexity index is 915. The van der Waals surface area contributed by atoms with Gasteiger partial charge in [-0.05, 0) is 43.4 Å². The summed E-state index contributed by atoms with van der Waals surface area (Å²) in [4.78, 5) is 37.2. The topological polar surface area (TPSA) is 84.5 Å². The van der Waals surface area contributed by atoms with Crippen LogP contribution in [0.1, 0.15) is 57.0 Å². The quantitative estimate of drug-likeness (QED) is 0.617. The molecule has 0 saturated heterocycles.